The Hall–Kier alpha value is -0.630. The highest BCUT2D eigenvalue weighted by atomic mass is 127. The lowest BCUT2D eigenvalue weighted by Gasteiger charge is -1.93. The van der Waals surface area contributed by atoms with Crippen LogP contribution in [0.3, 0.4) is 0 Å². The number of carbonyl (C=O) groups is 1. The first kappa shape index (κ1) is 14.4. The van der Waals surface area contributed by atoms with Crippen molar-refractivity contribution in [3.63, 3.8) is 0 Å². The van der Waals surface area contributed by atoms with Gasteiger partial charge in [0.2, 0.25) is 3.57 Å². The molecule has 0 aliphatic rings. The van der Waals surface area contributed by atoms with E-state index in [-0.39, 0.29) is 24.0 Å². The van der Waals surface area contributed by atoms with E-state index in [0.717, 1.165) is 3.57 Å². The third kappa shape index (κ3) is 3.95. The molecule has 0 unspecified atom stereocenters. The van der Waals surface area contributed by atoms with Crippen molar-refractivity contribution < 1.29 is 31.1 Å². The van der Waals surface area contributed by atoms with Gasteiger partial charge in [-0.25, -0.2) is 4.79 Å². The maximum absolute atomic E-state index is 11.0. The average Bonchev–Trinajstić information content (AvgIpc) is 2.31. The highest BCUT2D eigenvalue weighted by Gasteiger charge is 2.22. The summed E-state index contributed by atoms with van der Waals surface area (Å²) in [5.41, 5.74) is 0.430. The van der Waals surface area contributed by atoms with Crippen molar-refractivity contribution in [2.24, 2.45) is 0 Å². The maximum atomic E-state index is 11.0. The fourth-order valence-corrected chi connectivity index (χ4v) is 3.85. The Morgan fingerprint density at radius 1 is 0.941 bits per heavy atom. The molecule has 0 atom stereocenters. The van der Waals surface area contributed by atoms with E-state index in [0.29, 0.717) is 5.56 Å². The zero-order valence-corrected chi connectivity index (χ0v) is 13.3. The number of benzene rings is 2. The normalized spacial score (nSPS) is 9.41. The van der Waals surface area contributed by atoms with Crippen molar-refractivity contribution in [2.45, 2.75) is 0 Å². The third-order valence-electron chi connectivity index (χ3n) is 2.05. The van der Waals surface area contributed by atoms with Crippen molar-refractivity contribution in [2.75, 3.05) is 0 Å². The molecule has 88 valence electrons. The molecule has 0 amide bonds. The van der Waals surface area contributed by atoms with Gasteiger partial charge in [-0.1, -0.05) is 30.3 Å². The van der Waals surface area contributed by atoms with Gasteiger partial charge in [0.05, 0.1) is 0 Å². The summed E-state index contributed by atoms with van der Waals surface area (Å²) in [7, 11) is 0. The minimum absolute atomic E-state index is 0. The second kappa shape index (κ2) is 6.95. The minimum atomic E-state index is -0.841. The van der Waals surface area contributed by atoms with E-state index in [1.807, 2.05) is 42.5 Å². The number of aromatic carboxylic acids is 1. The van der Waals surface area contributed by atoms with Crippen LogP contribution in [0.4, 0.5) is 0 Å². The predicted molar refractivity (Wildman–Crippen MR) is 72.7 cm³/mol. The second-order valence-electron chi connectivity index (χ2n) is 3.18. The number of halogens is 2. The van der Waals surface area contributed by atoms with Gasteiger partial charge in [0, 0.05) is 0 Å². The maximum Gasteiger partial charge on any atom is 0.358 e. The topological polar surface area (TPSA) is 37.3 Å². The molecule has 2 rings (SSSR count). The Balaban J connectivity index is 0.00000144. The van der Waals surface area contributed by atoms with Gasteiger partial charge in [0.1, 0.15) is 5.56 Å². The lowest BCUT2D eigenvalue weighted by molar-refractivity contribution is -0.597. The fourth-order valence-electron chi connectivity index (χ4n) is 1.31. The van der Waals surface area contributed by atoms with Gasteiger partial charge in [-0.15, -0.1) is 24.0 Å². The van der Waals surface area contributed by atoms with Crippen LogP contribution in [0.2, 0.25) is 0 Å². The number of rotatable bonds is 3. The van der Waals surface area contributed by atoms with Gasteiger partial charge in [-0.2, -0.15) is 0 Å². The van der Waals surface area contributed by atoms with Crippen LogP contribution in [0.15, 0.2) is 54.6 Å². The second-order valence-corrected chi connectivity index (χ2v) is 6.12. The average molecular weight is 453 g/mol. The summed E-state index contributed by atoms with van der Waals surface area (Å²) in [4.78, 5) is 11.0. The molecule has 2 aromatic carbocycles. The van der Waals surface area contributed by atoms with Crippen LogP contribution < -0.4 is 21.2 Å². The Bertz CT molecular complexity index is 498. The monoisotopic (exact) mass is 453 g/mol. The van der Waals surface area contributed by atoms with Crippen LogP contribution in [-0.2, 0) is 0 Å². The highest BCUT2D eigenvalue weighted by molar-refractivity contribution is 14.0. The molecule has 0 spiro atoms. The summed E-state index contributed by atoms with van der Waals surface area (Å²) >= 11 is -0.407. The van der Waals surface area contributed by atoms with Gasteiger partial charge >= 0.3 is 27.2 Å². The van der Waals surface area contributed by atoms with Crippen LogP contribution in [0.1, 0.15) is 10.4 Å². The number of carboxylic acids is 1. The standard InChI is InChI=1S/C13H9IO2.HI/c15-13(16)11-8-4-5-9-12(11)14-10-6-2-1-3-7-10;/h1-9H;1H/p+1. The largest absolute Gasteiger partial charge is 0.478 e. The molecule has 2 nitrogen and oxygen atoms in total. The molecule has 0 fully saturated rings. The molecule has 2 aromatic rings. The van der Waals surface area contributed by atoms with Crippen LogP contribution in [0.5, 0.6) is 0 Å². The first-order chi connectivity index (χ1) is 7.77. The van der Waals surface area contributed by atoms with Gasteiger partial charge in [-0.05, 0) is 24.3 Å². The van der Waals surface area contributed by atoms with Crippen LogP contribution in [0.25, 0.3) is 0 Å². The molecule has 17 heavy (non-hydrogen) atoms. The van der Waals surface area contributed by atoms with Crippen LogP contribution in [0, 0.1) is 7.14 Å². The summed E-state index contributed by atoms with van der Waals surface area (Å²) in [5.74, 6) is -0.841. The fraction of sp³-hybridized carbons (Fsp3) is 0. The molecule has 0 heterocycles. The molecule has 1 N–H and O–H groups in total. The van der Waals surface area contributed by atoms with E-state index in [1.165, 1.54) is 3.57 Å². The zero-order valence-electron chi connectivity index (χ0n) is 8.84. The van der Waals surface area contributed by atoms with E-state index in [4.69, 9.17) is 5.11 Å². The molecule has 4 heteroatoms. The predicted octanol–water partition coefficient (Wildman–Crippen LogP) is 0.131. The molecule has 0 saturated heterocycles. The van der Waals surface area contributed by atoms with Gasteiger partial charge in [0.15, 0.2) is 3.57 Å². The third-order valence-corrected chi connectivity index (χ3v) is 4.91. The zero-order chi connectivity index (χ0) is 11.4. The first-order valence-corrected chi connectivity index (χ1v) is 6.95. The Morgan fingerprint density at radius 3 is 2.18 bits per heavy atom. The lowest BCUT2D eigenvalue weighted by Crippen LogP contribution is -3.61. The molecule has 0 aliphatic carbocycles. The highest BCUT2D eigenvalue weighted by Crippen LogP contribution is 1.97. The van der Waals surface area contributed by atoms with E-state index >= 15 is 0 Å². The molecule has 0 aromatic heterocycles. The lowest BCUT2D eigenvalue weighted by atomic mass is 10.2. The van der Waals surface area contributed by atoms with Gasteiger partial charge in [-0.3, -0.25) is 0 Å². The van der Waals surface area contributed by atoms with Gasteiger partial charge in [0.25, 0.3) is 0 Å². The summed E-state index contributed by atoms with van der Waals surface area (Å²) in [5, 5.41) is 9.06. The van der Waals surface area contributed by atoms with Crippen LogP contribution >= 0.6 is 24.0 Å². The Morgan fingerprint density at radius 2 is 1.53 bits per heavy atom. The number of carboxylic acid groups (broad SMARTS) is 1. The molecular formula is C13H11I2O2+. The molecule has 0 saturated carbocycles. The Labute approximate surface area is 127 Å². The SMILES string of the molecule is I.O=C(O)c1ccccc1[I+]c1ccccc1. The van der Waals surface area contributed by atoms with E-state index < -0.39 is 27.2 Å². The van der Waals surface area contributed by atoms with Crippen molar-refractivity contribution in [1.29, 1.82) is 0 Å². The van der Waals surface area contributed by atoms with E-state index in [1.54, 1.807) is 12.1 Å². The summed E-state index contributed by atoms with van der Waals surface area (Å²) in [6.07, 6.45) is 0. The molecular weight excluding hydrogens is 442 g/mol. The quantitative estimate of drug-likeness (QED) is 0.672. The number of hydrogen-bond donors (Lipinski definition) is 1. The summed E-state index contributed by atoms with van der Waals surface area (Å²) < 4.78 is 2.19. The minimum Gasteiger partial charge on any atom is -0.478 e. The van der Waals surface area contributed by atoms with Crippen molar-refractivity contribution >= 4 is 29.9 Å². The van der Waals surface area contributed by atoms with Crippen molar-refractivity contribution in [3.8, 4) is 0 Å². The van der Waals surface area contributed by atoms with Crippen molar-refractivity contribution in [3.05, 3.63) is 67.3 Å². The van der Waals surface area contributed by atoms with Gasteiger partial charge < -0.3 is 5.11 Å². The summed E-state index contributed by atoms with van der Waals surface area (Å²) in [6.45, 7) is 0. The van der Waals surface area contributed by atoms with E-state index in [9.17, 15) is 4.79 Å². The molecule has 0 bridgehead atoms. The molecule has 0 radical (unpaired) electrons. The van der Waals surface area contributed by atoms with Crippen LogP contribution in [-0.4, -0.2) is 11.1 Å². The molecule has 0 aliphatic heterocycles. The smallest absolute Gasteiger partial charge is 0.358 e. The Kier molecular flexibility index (Phi) is 5.90. The van der Waals surface area contributed by atoms with E-state index in [2.05, 4.69) is 0 Å². The number of hydrogen-bond acceptors (Lipinski definition) is 1. The summed E-state index contributed by atoms with van der Waals surface area (Å²) in [6, 6.07) is 17.3. The van der Waals surface area contributed by atoms with Crippen molar-refractivity contribution in [1.82, 2.24) is 0 Å². The first-order valence-electron chi connectivity index (χ1n) is 4.79.